The molecule has 2 aliphatic rings. The van der Waals surface area contributed by atoms with Crippen LogP contribution >= 0.6 is 23.1 Å². The predicted molar refractivity (Wildman–Crippen MR) is 112 cm³/mol. The summed E-state index contributed by atoms with van der Waals surface area (Å²) in [5.41, 5.74) is 1.15. The lowest BCUT2D eigenvalue weighted by atomic mass is 9.89. The summed E-state index contributed by atoms with van der Waals surface area (Å²) < 4.78 is 0. The average Bonchev–Trinajstić information content (AvgIpc) is 3.37. The zero-order chi connectivity index (χ0) is 19.0. The van der Waals surface area contributed by atoms with Gasteiger partial charge in [0.05, 0.1) is 11.1 Å². The van der Waals surface area contributed by atoms with Crippen LogP contribution in [0.5, 0.6) is 0 Å². The number of carbonyl (C=O) groups excluding carboxylic acids is 1. The fourth-order valence-electron chi connectivity index (χ4n) is 3.82. The average molecular weight is 406 g/mol. The molecule has 2 heterocycles. The highest BCUT2D eigenvalue weighted by atomic mass is 32.2. The van der Waals surface area contributed by atoms with Crippen LogP contribution in [0.15, 0.2) is 9.95 Å². The van der Waals surface area contributed by atoms with Gasteiger partial charge < -0.3 is 9.88 Å². The lowest BCUT2D eigenvalue weighted by molar-refractivity contribution is -0.128. The van der Waals surface area contributed by atoms with Gasteiger partial charge in [0.15, 0.2) is 5.16 Å². The van der Waals surface area contributed by atoms with Crippen molar-refractivity contribution in [1.29, 1.82) is 0 Å². The predicted octanol–water partition coefficient (Wildman–Crippen LogP) is 3.85. The molecule has 1 saturated carbocycles. The van der Waals surface area contributed by atoms with Crippen LogP contribution in [0.2, 0.25) is 0 Å². The maximum atomic E-state index is 12.7. The van der Waals surface area contributed by atoms with E-state index in [0.717, 1.165) is 49.0 Å². The van der Waals surface area contributed by atoms with Crippen LogP contribution in [-0.4, -0.2) is 39.6 Å². The molecule has 5 nitrogen and oxygen atoms in total. The fraction of sp³-hybridized carbons (Fsp3) is 0.650. The molecule has 2 aromatic rings. The lowest BCUT2D eigenvalue weighted by Crippen LogP contribution is -2.35. The number of carbonyl (C=O) groups is 1. The van der Waals surface area contributed by atoms with E-state index in [4.69, 9.17) is 0 Å². The van der Waals surface area contributed by atoms with E-state index in [9.17, 15) is 9.59 Å². The monoisotopic (exact) mass is 405 g/mol. The second-order valence-corrected chi connectivity index (χ2v) is 10.0. The topological polar surface area (TPSA) is 66.1 Å². The zero-order valence-corrected chi connectivity index (χ0v) is 17.7. The Kier molecular flexibility index (Phi) is 5.60. The highest BCUT2D eigenvalue weighted by molar-refractivity contribution is 7.99. The number of aromatic nitrogens is 2. The van der Waals surface area contributed by atoms with E-state index in [-0.39, 0.29) is 11.5 Å². The molecular weight excluding hydrogens is 378 g/mol. The van der Waals surface area contributed by atoms with Crippen LogP contribution in [0.1, 0.15) is 50.0 Å². The van der Waals surface area contributed by atoms with E-state index in [1.807, 2.05) is 4.90 Å². The van der Waals surface area contributed by atoms with E-state index in [1.54, 1.807) is 11.3 Å². The Bertz CT molecular complexity index is 900. The lowest BCUT2D eigenvalue weighted by Gasteiger charge is -2.21. The molecule has 4 rings (SSSR count). The number of thiophene rings is 1. The first-order valence-corrected chi connectivity index (χ1v) is 11.8. The standard InChI is InChI=1S/C20H27N3O2S2/c1-3-8-23(10-13-5-6-13)16(24)11-26-20-21-18(25)17-14-7-4-12(2)9-15(14)27-19(17)22-20/h12-13H,3-11H2,1-2H3,(H,21,22,25)/t12-/m0/s1. The van der Waals surface area contributed by atoms with Gasteiger partial charge in [-0.3, -0.25) is 9.59 Å². The fourth-order valence-corrected chi connectivity index (χ4v) is 6.02. The maximum absolute atomic E-state index is 12.7. The smallest absolute Gasteiger partial charge is 0.260 e. The molecule has 0 radical (unpaired) electrons. The van der Waals surface area contributed by atoms with Crippen LogP contribution in [0, 0.1) is 11.8 Å². The number of fused-ring (bicyclic) bond motifs is 3. The number of hydrogen-bond donors (Lipinski definition) is 1. The van der Waals surface area contributed by atoms with Crippen molar-refractivity contribution >= 4 is 39.2 Å². The molecule has 146 valence electrons. The number of nitrogens with zero attached hydrogens (tertiary/aromatic N) is 2. The number of aryl methyl sites for hydroxylation is 1. The van der Waals surface area contributed by atoms with Crippen molar-refractivity contribution in [2.45, 2.75) is 57.5 Å². The SMILES string of the molecule is CCCN(CC1CC1)C(=O)CSc1nc2sc3c(c2c(=O)[nH]1)CC[C@H](C)C3. The minimum atomic E-state index is -0.0506. The second-order valence-electron chi connectivity index (χ2n) is 7.97. The Morgan fingerprint density at radius 3 is 2.93 bits per heavy atom. The number of hydrogen-bond acceptors (Lipinski definition) is 5. The summed E-state index contributed by atoms with van der Waals surface area (Å²) in [6.45, 7) is 6.06. The van der Waals surface area contributed by atoms with Crippen molar-refractivity contribution in [3.63, 3.8) is 0 Å². The number of amides is 1. The van der Waals surface area contributed by atoms with Gasteiger partial charge in [0, 0.05) is 18.0 Å². The first-order chi connectivity index (χ1) is 13.0. The van der Waals surface area contributed by atoms with Crippen molar-refractivity contribution in [2.75, 3.05) is 18.8 Å². The second kappa shape index (κ2) is 7.95. The quantitative estimate of drug-likeness (QED) is 0.561. The molecule has 1 N–H and O–H groups in total. The van der Waals surface area contributed by atoms with Gasteiger partial charge in [-0.25, -0.2) is 4.98 Å². The highest BCUT2D eigenvalue weighted by Crippen LogP contribution is 2.36. The molecule has 1 atom stereocenters. The summed E-state index contributed by atoms with van der Waals surface area (Å²) >= 11 is 3.01. The molecule has 7 heteroatoms. The van der Waals surface area contributed by atoms with Gasteiger partial charge >= 0.3 is 0 Å². The summed E-state index contributed by atoms with van der Waals surface area (Å²) in [6.07, 6.45) is 6.62. The third kappa shape index (κ3) is 4.24. The van der Waals surface area contributed by atoms with E-state index >= 15 is 0 Å². The van der Waals surface area contributed by atoms with Crippen LogP contribution in [0.25, 0.3) is 10.2 Å². The van der Waals surface area contributed by atoms with E-state index in [1.165, 1.54) is 35.0 Å². The molecule has 0 aromatic carbocycles. The molecular formula is C20H27N3O2S2. The Balaban J connectivity index is 1.49. The van der Waals surface area contributed by atoms with E-state index in [2.05, 4.69) is 23.8 Å². The largest absolute Gasteiger partial charge is 0.342 e. The van der Waals surface area contributed by atoms with Gasteiger partial charge in [0.25, 0.3) is 5.56 Å². The zero-order valence-electron chi connectivity index (χ0n) is 16.0. The summed E-state index contributed by atoms with van der Waals surface area (Å²) in [5, 5.41) is 1.34. The number of nitrogens with one attached hydrogen (secondary N) is 1. The van der Waals surface area contributed by atoms with Crippen molar-refractivity contribution in [2.24, 2.45) is 11.8 Å². The van der Waals surface area contributed by atoms with Crippen molar-refractivity contribution in [3.8, 4) is 0 Å². The van der Waals surface area contributed by atoms with Crippen molar-refractivity contribution in [1.82, 2.24) is 14.9 Å². The highest BCUT2D eigenvalue weighted by Gasteiger charge is 2.27. The molecule has 1 amide bonds. The number of rotatable bonds is 7. The first kappa shape index (κ1) is 19.0. The molecule has 0 saturated heterocycles. The van der Waals surface area contributed by atoms with Crippen LogP contribution in [0.3, 0.4) is 0 Å². The molecule has 1 fully saturated rings. The molecule has 0 bridgehead atoms. The number of thioether (sulfide) groups is 1. The van der Waals surface area contributed by atoms with Gasteiger partial charge in [-0.05, 0) is 55.9 Å². The molecule has 27 heavy (non-hydrogen) atoms. The van der Waals surface area contributed by atoms with Crippen LogP contribution in [-0.2, 0) is 17.6 Å². The van der Waals surface area contributed by atoms with Crippen molar-refractivity contribution in [3.05, 3.63) is 20.8 Å². The van der Waals surface area contributed by atoms with Crippen LogP contribution in [0.4, 0.5) is 0 Å². The maximum Gasteiger partial charge on any atom is 0.260 e. The van der Waals surface area contributed by atoms with Gasteiger partial charge in [-0.15, -0.1) is 11.3 Å². The first-order valence-electron chi connectivity index (χ1n) is 10.00. The third-order valence-electron chi connectivity index (χ3n) is 5.50. The molecule has 0 aliphatic heterocycles. The molecule has 2 aliphatic carbocycles. The Morgan fingerprint density at radius 2 is 2.19 bits per heavy atom. The van der Waals surface area contributed by atoms with Gasteiger partial charge in [-0.1, -0.05) is 25.6 Å². The van der Waals surface area contributed by atoms with Crippen LogP contribution < -0.4 is 5.56 Å². The van der Waals surface area contributed by atoms with E-state index in [0.29, 0.717) is 22.7 Å². The Labute approximate surface area is 167 Å². The number of H-pyrrole nitrogens is 1. The third-order valence-corrected chi connectivity index (χ3v) is 7.50. The minimum Gasteiger partial charge on any atom is -0.342 e. The molecule has 2 aromatic heterocycles. The summed E-state index contributed by atoms with van der Waals surface area (Å²) in [6, 6.07) is 0. The minimum absolute atomic E-state index is 0.0506. The number of aromatic amines is 1. The Morgan fingerprint density at radius 1 is 1.37 bits per heavy atom. The molecule has 0 unspecified atom stereocenters. The van der Waals surface area contributed by atoms with Crippen molar-refractivity contribution < 1.29 is 4.79 Å². The van der Waals surface area contributed by atoms with Gasteiger partial charge in [-0.2, -0.15) is 0 Å². The van der Waals surface area contributed by atoms with Gasteiger partial charge in [0.2, 0.25) is 5.91 Å². The van der Waals surface area contributed by atoms with E-state index < -0.39 is 0 Å². The summed E-state index contributed by atoms with van der Waals surface area (Å²) in [5.74, 6) is 1.85. The van der Waals surface area contributed by atoms with Gasteiger partial charge in [0.1, 0.15) is 4.83 Å². The normalized spacial score (nSPS) is 19.3. The summed E-state index contributed by atoms with van der Waals surface area (Å²) in [7, 11) is 0. The molecule has 0 spiro atoms. The Hall–Kier alpha value is -1.34. The summed E-state index contributed by atoms with van der Waals surface area (Å²) in [4.78, 5) is 37.0.